The number of quaternary nitrogens is 1. The summed E-state index contributed by atoms with van der Waals surface area (Å²) in [6.07, 6.45) is 0.973. The molecule has 4 nitrogen and oxygen atoms in total. The van der Waals surface area contributed by atoms with Gasteiger partial charge < -0.3 is 19.1 Å². The van der Waals surface area contributed by atoms with Crippen molar-refractivity contribution >= 4 is 0 Å². The summed E-state index contributed by atoms with van der Waals surface area (Å²) in [4.78, 5) is 1.51. The number of likely N-dealkylation sites (tertiary alicyclic amines) is 1. The highest BCUT2D eigenvalue weighted by Gasteiger charge is 2.52. The van der Waals surface area contributed by atoms with E-state index in [0.29, 0.717) is 25.2 Å². The van der Waals surface area contributed by atoms with Crippen molar-refractivity contribution in [3.8, 4) is 5.75 Å². The van der Waals surface area contributed by atoms with Crippen LogP contribution >= 0.6 is 0 Å². The van der Waals surface area contributed by atoms with Crippen molar-refractivity contribution < 1.29 is 19.1 Å². The van der Waals surface area contributed by atoms with Crippen LogP contribution in [0.2, 0.25) is 0 Å². The highest BCUT2D eigenvalue weighted by atomic mass is 16.7. The molecule has 2 heterocycles. The van der Waals surface area contributed by atoms with Gasteiger partial charge in [0.15, 0.2) is 5.79 Å². The Hall–Kier alpha value is -1.10. The standard InChI is InChI=1S/C16H23NO3/c1-12-15(13-5-4-6-14(11-13)18-3)17(2)8-7-16(12)19-9-10-20-16/h4-6,11-12,15H,7-10H2,1-3H3/p+1/t12-,15+/m0/s1. The van der Waals surface area contributed by atoms with Gasteiger partial charge in [0.05, 0.1) is 46.3 Å². The lowest BCUT2D eigenvalue weighted by atomic mass is 9.81. The Kier molecular flexibility index (Phi) is 3.71. The van der Waals surface area contributed by atoms with Crippen molar-refractivity contribution in [3.63, 3.8) is 0 Å². The fraction of sp³-hybridized carbons (Fsp3) is 0.625. The summed E-state index contributed by atoms with van der Waals surface area (Å²) in [7, 11) is 3.97. The lowest BCUT2D eigenvalue weighted by Gasteiger charge is -2.44. The molecular weight excluding hydrogens is 254 g/mol. The number of nitrogens with one attached hydrogen (secondary N) is 1. The van der Waals surface area contributed by atoms with Crippen molar-refractivity contribution in [1.29, 1.82) is 0 Å². The Bertz CT molecular complexity index is 471. The first-order chi connectivity index (χ1) is 9.66. The summed E-state index contributed by atoms with van der Waals surface area (Å²) in [6.45, 7) is 4.74. The predicted octanol–water partition coefficient (Wildman–Crippen LogP) is 1.03. The summed E-state index contributed by atoms with van der Waals surface area (Å²) in [5, 5.41) is 0. The topological polar surface area (TPSA) is 32.1 Å². The van der Waals surface area contributed by atoms with E-state index in [0.717, 1.165) is 18.7 Å². The summed E-state index contributed by atoms with van der Waals surface area (Å²) in [5.41, 5.74) is 1.30. The number of hydrogen-bond acceptors (Lipinski definition) is 3. The molecule has 0 aromatic heterocycles. The Morgan fingerprint density at radius 2 is 2.05 bits per heavy atom. The third-order valence-electron chi connectivity index (χ3n) is 4.82. The van der Waals surface area contributed by atoms with Crippen LogP contribution in [0.4, 0.5) is 0 Å². The monoisotopic (exact) mass is 278 g/mol. The molecule has 20 heavy (non-hydrogen) atoms. The van der Waals surface area contributed by atoms with E-state index in [1.165, 1.54) is 10.5 Å². The second-order valence-electron chi connectivity index (χ2n) is 5.90. The molecule has 0 bridgehead atoms. The Morgan fingerprint density at radius 3 is 2.75 bits per heavy atom. The maximum atomic E-state index is 5.98. The van der Waals surface area contributed by atoms with Gasteiger partial charge in [0.25, 0.3) is 0 Å². The quantitative estimate of drug-likeness (QED) is 0.877. The summed E-state index contributed by atoms with van der Waals surface area (Å²) in [6, 6.07) is 8.74. The zero-order valence-corrected chi connectivity index (χ0v) is 12.5. The lowest BCUT2D eigenvalue weighted by molar-refractivity contribution is -0.927. The highest BCUT2D eigenvalue weighted by Crippen LogP contribution is 2.40. The van der Waals surface area contributed by atoms with Crippen LogP contribution in [0.15, 0.2) is 24.3 Å². The summed E-state index contributed by atoms with van der Waals surface area (Å²) in [5.74, 6) is 0.856. The molecule has 2 aliphatic rings. The minimum absolute atomic E-state index is 0.325. The number of rotatable bonds is 2. The first kappa shape index (κ1) is 13.9. The van der Waals surface area contributed by atoms with Gasteiger partial charge in [-0.25, -0.2) is 0 Å². The third kappa shape index (κ3) is 2.22. The lowest BCUT2D eigenvalue weighted by Crippen LogP contribution is -3.12. The zero-order chi connectivity index (χ0) is 14.2. The van der Waals surface area contributed by atoms with Crippen molar-refractivity contribution in [2.75, 3.05) is 33.9 Å². The third-order valence-corrected chi connectivity index (χ3v) is 4.82. The molecule has 0 aliphatic carbocycles. The van der Waals surface area contributed by atoms with E-state index >= 15 is 0 Å². The number of hydrogen-bond donors (Lipinski definition) is 1. The van der Waals surface area contributed by atoms with Gasteiger partial charge in [0, 0.05) is 5.56 Å². The Labute approximate surface area is 120 Å². The van der Waals surface area contributed by atoms with Crippen molar-refractivity contribution in [3.05, 3.63) is 29.8 Å². The van der Waals surface area contributed by atoms with E-state index in [1.54, 1.807) is 7.11 Å². The minimum atomic E-state index is -0.382. The number of ether oxygens (including phenoxy) is 3. The second-order valence-corrected chi connectivity index (χ2v) is 5.90. The van der Waals surface area contributed by atoms with Crippen LogP contribution in [0.5, 0.6) is 5.75 Å². The molecule has 0 saturated carbocycles. The molecule has 1 aromatic carbocycles. The van der Waals surface area contributed by atoms with Gasteiger partial charge in [-0.1, -0.05) is 19.1 Å². The van der Waals surface area contributed by atoms with E-state index < -0.39 is 0 Å². The number of methoxy groups -OCH3 is 1. The smallest absolute Gasteiger partial charge is 0.182 e. The molecular formula is C16H24NO3+. The Balaban J connectivity index is 1.92. The van der Waals surface area contributed by atoms with Crippen LogP contribution in [-0.4, -0.2) is 39.7 Å². The van der Waals surface area contributed by atoms with E-state index in [-0.39, 0.29) is 5.79 Å². The van der Waals surface area contributed by atoms with Crippen LogP contribution in [0, 0.1) is 5.92 Å². The van der Waals surface area contributed by atoms with E-state index in [9.17, 15) is 0 Å². The first-order valence-electron chi connectivity index (χ1n) is 7.40. The van der Waals surface area contributed by atoms with Gasteiger partial charge in [-0.3, -0.25) is 0 Å². The normalized spacial score (nSPS) is 32.5. The molecule has 1 N–H and O–H groups in total. The second kappa shape index (κ2) is 5.35. The van der Waals surface area contributed by atoms with Crippen LogP contribution in [-0.2, 0) is 9.47 Å². The number of benzene rings is 1. The van der Waals surface area contributed by atoms with E-state index in [1.807, 2.05) is 6.07 Å². The highest BCUT2D eigenvalue weighted by molar-refractivity contribution is 5.30. The molecule has 2 saturated heterocycles. The van der Waals surface area contributed by atoms with Gasteiger partial charge in [-0.15, -0.1) is 0 Å². The van der Waals surface area contributed by atoms with Gasteiger partial charge in [-0.2, -0.15) is 0 Å². The maximum Gasteiger partial charge on any atom is 0.182 e. The van der Waals surface area contributed by atoms with Gasteiger partial charge in [0.2, 0.25) is 0 Å². The van der Waals surface area contributed by atoms with Crippen molar-refractivity contribution in [2.24, 2.45) is 5.92 Å². The SMILES string of the molecule is COc1cccc([C@H]2[C@H](C)C3(CC[NH+]2C)OCCO3)c1. The molecule has 110 valence electrons. The summed E-state index contributed by atoms with van der Waals surface area (Å²) < 4.78 is 17.3. The van der Waals surface area contributed by atoms with Crippen LogP contribution in [0.3, 0.4) is 0 Å². The molecule has 2 aliphatic heterocycles. The van der Waals surface area contributed by atoms with Crippen LogP contribution in [0.1, 0.15) is 24.9 Å². The van der Waals surface area contributed by atoms with E-state index in [2.05, 4.69) is 32.2 Å². The molecule has 0 amide bonds. The average molecular weight is 278 g/mol. The van der Waals surface area contributed by atoms with Crippen molar-refractivity contribution in [1.82, 2.24) is 0 Å². The molecule has 4 heteroatoms. The zero-order valence-electron chi connectivity index (χ0n) is 12.5. The predicted molar refractivity (Wildman–Crippen MR) is 75.9 cm³/mol. The fourth-order valence-electron chi connectivity index (χ4n) is 3.72. The molecule has 1 spiro atoms. The van der Waals surface area contributed by atoms with E-state index in [4.69, 9.17) is 14.2 Å². The van der Waals surface area contributed by atoms with Crippen molar-refractivity contribution in [2.45, 2.75) is 25.2 Å². The number of piperidine rings is 1. The minimum Gasteiger partial charge on any atom is -0.497 e. The van der Waals surface area contributed by atoms with Gasteiger partial charge in [-0.05, 0) is 12.1 Å². The van der Waals surface area contributed by atoms with Gasteiger partial charge in [0.1, 0.15) is 11.8 Å². The average Bonchev–Trinajstić information content (AvgIpc) is 2.94. The molecule has 2 fully saturated rings. The Morgan fingerprint density at radius 1 is 1.30 bits per heavy atom. The first-order valence-corrected chi connectivity index (χ1v) is 7.40. The summed E-state index contributed by atoms with van der Waals surface area (Å²) >= 11 is 0. The molecule has 0 radical (unpaired) electrons. The molecule has 3 rings (SSSR count). The fourth-order valence-corrected chi connectivity index (χ4v) is 3.72. The largest absolute Gasteiger partial charge is 0.497 e. The molecule has 3 atom stereocenters. The maximum absolute atomic E-state index is 5.98. The van der Waals surface area contributed by atoms with Crippen LogP contribution < -0.4 is 9.64 Å². The molecule has 1 unspecified atom stereocenters. The van der Waals surface area contributed by atoms with Gasteiger partial charge >= 0.3 is 0 Å². The molecule has 1 aromatic rings. The van der Waals surface area contributed by atoms with Crippen LogP contribution in [0.25, 0.3) is 0 Å².